The summed E-state index contributed by atoms with van der Waals surface area (Å²) in [5, 5.41) is 9.56. The van der Waals surface area contributed by atoms with E-state index in [-0.39, 0.29) is 17.4 Å². The quantitative estimate of drug-likeness (QED) is 0.901. The summed E-state index contributed by atoms with van der Waals surface area (Å²) >= 11 is 0. The molecule has 1 N–H and O–H groups in total. The Labute approximate surface area is 121 Å². The Morgan fingerprint density at radius 2 is 1.90 bits per heavy atom. The molecule has 1 aliphatic heterocycles. The first-order valence-electron chi connectivity index (χ1n) is 7.25. The molecule has 0 amide bonds. The third-order valence-corrected chi connectivity index (χ3v) is 4.63. The van der Waals surface area contributed by atoms with Gasteiger partial charge < -0.3 is 5.11 Å². The van der Waals surface area contributed by atoms with Crippen LogP contribution >= 0.6 is 0 Å². The van der Waals surface area contributed by atoms with Crippen LogP contribution in [0.3, 0.4) is 0 Å². The molecule has 0 bridgehead atoms. The van der Waals surface area contributed by atoms with E-state index in [2.05, 4.69) is 51.7 Å². The summed E-state index contributed by atoms with van der Waals surface area (Å²) in [6.07, 6.45) is 0. The molecule has 1 saturated heterocycles. The number of carboxylic acids is 1. The monoisotopic (exact) mass is 275 g/mol. The topological polar surface area (TPSA) is 40.5 Å². The minimum atomic E-state index is -0.678. The van der Waals surface area contributed by atoms with Crippen LogP contribution < -0.4 is 0 Å². The van der Waals surface area contributed by atoms with E-state index in [1.54, 1.807) is 0 Å². The predicted octanol–water partition coefficient (Wildman–Crippen LogP) is 3.20. The number of nitrogens with zero attached hydrogens (tertiary/aromatic N) is 1. The van der Waals surface area contributed by atoms with Crippen molar-refractivity contribution in [3.8, 4) is 0 Å². The molecule has 3 heteroatoms. The second-order valence-electron chi connectivity index (χ2n) is 6.92. The average Bonchev–Trinajstić information content (AvgIpc) is 2.77. The van der Waals surface area contributed by atoms with E-state index >= 15 is 0 Å². The first-order chi connectivity index (χ1) is 9.21. The zero-order valence-corrected chi connectivity index (χ0v) is 13.1. The van der Waals surface area contributed by atoms with Crippen LogP contribution in [0.15, 0.2) is 18.2 Å². The summed E-state index contributed by atoms with van der Waals surface area (Å²) in [4.78, 5) is 13.9. The van der Waals surface area contributed by atoms with E-state index in [9.17, 15) is 9.90 Å². The van der Waals surface area contributed by atoms with Crippen LogP contribution in [0.25, 0.3) is 0 Å². The average molecular weight is 275 g/mol. The van der Waals surface area contributed by atoms with Gasteiger partial charge in [0.15, 0.2) is 0 Å². The molecule has 2 atom stereocenters. The van der Waals surface area contributed by atoms with Crippen LogP contribution in [0.4, 0.5) is 0 Å². The molecule has 110 valence electrons. The van der Waals surface area contributed by atoms with Crippen LogP contribution in [-0.4, -0.2) is 34.6 Å². The van der Waals surface area contributed by atoms with Gasteiger partial charge in [0, 0.05) is 24.5 Å². The molecule has 0 unspecified atom stereocenters. The van der Waals surface area contributed by atoms with Gasteiger partial charge in [0.25, 0.3) is 0 Å². The molecule has 1 fully saturated rings. The first-order valence-corrected chi connectivity index (χ1v) is 7.25. The summed E-state index contributed by atoms with van der Waals surface area (Å²) in [5.41, 5.74) is 3.68. The number of hydrogen-bond acceptors (Lipinski definition) is 2. The summed E-state index contributed by atoms with van der Waals surface area (Å²) in [6.45, 7) is 12.1. The van der Waals surface area contributed by atoms with E-state index in [4.69, 9.17) is 0 Å². The Balaban J connectivity index is 2.38. The number of aryl methyl sites for hydroxylation is 1. The van der Waals surface area contributed by atoms with Crippen LogP contribution in [-0.2, 0) is 4.79 Å². The Morgan fingerprint density at radius 3 is 2.45 bits per heavy atom. The van der Waals surface area contributed by atoms with Gasteiger partial charge in [0.1, 0.15) is 0 Å². The van der Waals surface area contributed by atoms with E-state index in [0.717, 1.165) is 6.54 Å². The van der Waals surface area contributed by atoms with Crippen molar-refractivity contribution in [2.24, 2.45) is 5.92 Å². The third kappa shape index (κ3) is 2.73. The SMILES string of the molecule is Cc1cccc([C@@H]2CN(C(C)(C)C)C[C@H]2C(=O)O)c1C. The number of aliphatic carboxylic acids is 1. The van der Waals surface area contributed by atoms with Crippen molar-refractivity contribution in [3.05, 3.63) is 34.9 Å². The van der Waals surface area contributed by atoms with Gasteiger partial charge in [-0.05, 0) is 51.3 Å². The minimum absolute atomic E-state index is 0.0141. The first kappa shape index (κ1) is 15.0. The fourth-order valence-corrected chi connectivity index (χ4v) is 3.09. The van der Waals surface area contributed by atoms with Gasteiger partial charge in [0.05, 0.1) is 5.92 Å². The van der Waals surface area contributed by atoms with Crippen molar-refractivity contribution in [2.75, 3.05) is 13.1 Å². The van der Waals surface area contributed by atoms with Crippen molar-refractivity contribution in [2.45, 2.75) is 46.1 Å². The highest BCUT2D eigenvalue weighted by atomic mass is 16.4. The maximum atomic E-state index is 11.6. The second-order valence-corrected chi connectivity index (χ2v) is 6.92. The Hall–Kier alpha value is -1.35. The lowest BCUT2D eigenvalue weighted by atomic mass is 9.85. The van der Waals surface area contributed by atoms with E-state index in [0.29, 0.717) is 6.54 Å². The Kier molecular flexibility index (Phi) is 3.92. The van der Waals surface area contributed by atoms with Gasteiger partial charge in [0.2, 0.25) is 0 Å². The smallest absolute Gasteiger partial charge is 0.308 e. The van der Waals surface area contributed by atoms with E-state index < -0.39 is 5.97 Å². The van der Waals surface area contributed by atoms with Crippen LogP contribution in [0.5, 0.6) is 0 Å². The highest BCUT2D eigenvalue weighted by Gasteiger charge is 2.42. The highest BCUT2D eigenvalue weighted by Crippen LogP contribution is 2.38. The summed E-state index contributed by atoms with van der Waals surface area (Å²) in [6, 6.07) is 6.22. The lowest BCUT2D eigenvalue weighted by molar-refractivity contribution is -0.141. The fourth-order valence-electron chi connectivity index (χ4n) is 3.09. The number of hydrogen-bond donors (Lipinski definition) is 1. The summed E-state index contributed by atoms with van der Waals surface area (Å²) in [7, 11) is 0. The summed E-state index contributed by atoms with van der Waals surface area (Å²) in [5.74, 6) is -0.899. The number of rotatable bonds is 2. The van der Waals surface area contributed by atoms with Crippen LogP contribution in [0.2, 0.25) is 0 Å². The Morgan fingerprint density at radius 1 is 1.25 bits per heavy atom. The number of carbonyl (C=O) groups is 1. The van der Waals surface area contributed by atoms with Gasteiger partial charge in [-0.25, -0.2) is 0 Å². The molecule has 3 nitrogen and oxygen atoms in total. The van der Waals surface area contributed by atoms with Gasteiger partial charge in [-0.3, -0.25) is 9.69 Å². The largest absolute Gasteiger partial charge is 0.481 e. The third-order valence-electron chi connectivity index (χ3n) is 4.63. The molecule has 1 heterocycles. The fraction of sp³-hybridized carbons (Fsp3) is 0.588. The molecule has 0 saturated carbocycles. The molecule has 0 radical (unpaired) electrons. The Bertz CT molecular complexity index is 516. The lowest BCUT2D eigenvalue weighted by Crippen LogP contribution is -2.40. The predicted molar refractivity (Wildman–Crippen MR) is 81.1 cm³/mol. The normalized spacial score (nSPS) is 24.1. The van der Waals surface area contributed by atoms with Gasteiger partial charge in [-0.15, -0.1) is 0 Å². The molecular formula is C17H25NO2. The van der Waals surface area contributed by atoms with Gasteiger partial charge >= 0.3 is 5.97 Å². The maximum absolute atomic E-state index is 11.6. The van der Waals surface area contributed by atoms with E-state index in [1.807, 2.05) is 6.07 Å². The minimum Gasteiger partial charge on any atom is -0.481 e. The molecule has 0 spiro atoms. The second kappa shape index (κ2) is 5.21. The molecule has 0 aromatic heterocycles. The molecule has 1 aliphatic rings. The van der Waals surface area contributed by atoms with Crippen molar-refractivity contribution >= 4 is 5.97 Å². The van der Waals surface area contributed by atoms with Gasteiger partial charge in [-0.1, -0.05) is 18.2 Å². The lowest BCUT2D eigenvalue weighted by Gasteiger charge is -2.31. The van der Waals surface area contributed by atoms with Crippen molar-refractivity contribution in [1.82, 2.24) is 4.90 Å². The zero-order valence-electron chi connectivity index (χ0n) is 13.1. The van der Waals surface area contributed by atoms with Crippen molar-refractivity contribution < 1.29 is 9.90 Å². The molecule has 2 rings (SSSR count). The standard InChI is InChI=1S/C17H25NO2/c1-11-7-6-8-13(12(11)2)14-9-18(17(3,4)5)10-15(14)16(19)20/h6-8,14-15H,9-10H2,1-5H3,(H,19,20)/t14-,15+/m0/s1. The van der Waals surface area contributed by atoms with Crippen molar-refractivity contribution in [3.63, 3.8) is 0 Å². The van der Waals surface area contributed by atoms with Crippen LogP contribution in [0.1, 0.15) is 43.4 Å². The number of carboxylic acid groups (broad SMARTS) is 1. The van der Waals surface area contributed by atoms with Crippen molar-refractivity contribution in [1.29, 1.82) is 0 Å². The van der Waals surface area contributed by atoms with E-state index in [1.165, 1.54) is 16.7 Å². The number of likely N-dealkylation sites (tertiary alicyclic amines) is 1. The molecule has 1 aromatic rings. The molecular weight excluding hydrogens is 250 g/mol. The molecule has 1 aromatic carbocycles. The van der Waals surface area contributed by atoms with Gasteiger partial charge in [-0.2, -0.15) is 0 Å². The van der Waals surface area contributed by atoms with Crippen LogP contribution in [0, 0.1) is 19.8 Å². The zero-order chi connectivity index (χ0) is 15.1. The number of benzene rings is 1. The molecule has 0 aliphatic carbocycles. The maximum Gasteiger partial charge on any atom is 0.308 e. The molecule has 20 heavy (non-hydrogen) atoms. The highest BCUT2D eigenvalue weighted by molar-refractivity contribution is 5.72. The summed E-state index contributed by atoms with van der Waals surface area (Å²) < 4.78 is 0.